The summed E-state index contributed by atoms with van der Waals surface area (Å²) in [5.41, 5.74) is 0.575. The maximum atomic E-state index is 13.7. The van der Waals surface area contributed by atoms with Gasteiger partial charge in [0.05, 0.1) is 0 Å². The lowest BCUT2D eigenvalue weighted by molar-refractivity contribution is -0.0998. The Morgan fingerprint density at radius 2 is 1.74 bits per heavy atom. The van der Waals surface area contributed by atoms with Gasteiger partial charge in [0.15, 0.2) is 0 Å². The maximum absolute atomic E-state index is 13.7. The number of hydrogen-bond acceptors (Lipinski definition) is 1. The van der Waals surface area contributed by atoms with Crippen molar-refractivity contribution in [3.63, 3.8) is 0 Å². The monoisotopic (exact) mass is 271 g/mol. The minimum Gasteiger partial charge on any atom is -0.291 e. The highest BCUT2D eigenvalue weighted by molar-refractivity contribution is 5.22. The number of halogens is 3. The first kappa shape index (κ1) is 14.4. The van der Waals surface area contributed by atoms with Crippen molar-refractivity contribution in [2.24, 2.45) is 0 Å². The van der Waals surface area contributed by atoms with Crippen LogP contribution in [0.25, 0.3) is 0 Å². The highest BCUT2D eigenvalue weighted by atomic mass is 19.3. The summed E-state index contributed by atoms with van der Waals surface area (Å²) in [6.07, 6.45) is -0.308. The summed E-state index contributed by atoms with van der Waals surface area (Å²) >= 11 is 0. The molecule has 0 amide bonds. The summed E-state index contributed by atoms with van der Waals surface area (Å²) in [5.74, 6) is -2.98. The van der Waals surface area contributed by atoms with Crippen molar-refractivity contribution in [2.75, 3.05) is 6.54 Å². The van der Waals surface area contributed by atoms with Gasteiger partial charge in [-0.2, -0.15) is 0 Å². The van der Waals surface area contributed by atoms with E-state index in [0.717, 1.165) is 5.56 Å². The number of rotatable bonds is 1. The minimum absolute atomic E-state index is 0.109. The van der Waals surface area contributed by atoms with E-state index in [1.807, 2.05) is 20.8 Å². The second-order valence-corrected chi connectivity index (χ2v) is 6.24. The summed E-state index contributed by atoms with van der Waals surface area (Å²) in [5, 5.41) is 0. The molecule has 0 saturated carbocycles. The van der Waals surface area contributed by atoms with Crippen molar-refractivity contribution in [3.8, 4) is 0 Å². The summed E-state index contributed by atoms with van der Waals surface area (Å²) < 4.78 is 40.3. The molecule has 0 bridgehead atoms. The van der Waals surface area contributed by atoms with Crippen LogP contribution in [0.4, 0.5) is 13.2 Å². The molecule has 0 aliphatic carbocycles. The van der Waals surface area contributed by atoms with Crippen LogP contribution in [0.1, 0.15) is 45.2 Å². The molecule has 1 saturated heterocycles. The van der Waals surface area contributed by atoms with E-state index in [0.29, 0.717) is 6.54 Å². The van der Waals surface area contributed by atoms with Gasteiger partial charge >= 0.3 is 0 Å². The molecule has 0 radical (unpaired) electrons. The molecule has 0 spiro atoms. The second kappa shape index (κ2) is 4.82. The molecule has 4 heteroatoms. The predicted molar refractivity (Wildman–Crippen MR) is 69.8 cm³/mol. The van der Waals surface area contributed by atoms with Gasteiger partial charge < -0.3 is 0 Å². The van der Waals surface area contributed by atoms with Crippen molar-refractivity contribution in [2.45, 2.75) is 51.1 Å². The van der Waals surface area contributed by atoms with E-state index in [2.05, 4.69) is 4.90 Å². The summed E-state index contributed by atoms with van der Waals surface area (Å²) in [4.78, 5) is 2.08. The molecule has 1 aliphatic rings. The van der Waals surface area contributed by atoms with Gasteiger partial charge in [-0.25, -0.2) is 13.2 Å². The van der Waals surface area contributed by atoms with Gasteiger partial charge in [-0.3, -0.25) is 4.90 Å². The molecule has 1 atom stereocenters. The number of alkyl halides is 2. The molecule has 0 N–H and O–H groups in total. The number of hydrogen-bond donors (Lipinski definition) is 0. The quantitative estimate of drug-likeness (QED) is 0.732. The first-order valence-electron chi connectivity index (χ1n) is 6.59. The smallest absolute Gasteiger partial charge is 0.251 e. The first-order chi connectivity index (χ1) is 8.69. The van der Waals surface area contributed by atoms with Gasteiger partial charge in [-0.15, -0.1) is 0 Å². The van der Waals surface area contributed by atoms with Crippen LogP contribution in [0.2, 0.25) is 0 Å². The predicted octanol–water partition coefficient (Wildman–Crippen LogP) is 4.40. The van der Waals surface area contributed by atoms with Crippen molar-refractivity contribution in [1.82, 2.24) is 4.90 Å². The van der Waals surface area contributed by atoms with Crippen molar-refractivity contribution in [3.05, 3.63) is 35.6 Å². The van der Waals surface area contributed by atoms with Crippen LogP contribution >= 0.6 is 0 Å². The normalized spacial score (nSPS) is 24.4. The van der Waals surface area contributed by atoms with Crippen molar-refractivity contribution >= 4 is 0 Å². The first-order valence-corrected chi connectivity index (χ1v) is 6.59. The third-order valence-electron chi connectivity index (χ3n) is 3.70. The third kappa shape index (κ3) is 3.30. The number of nitrogens with zero attached hydrogens (tertiary/aromatic N) is 1. The fourth-order valence-electron chi connectivity index (χ4n) is 2.72. The average Bonchev–Trinajstić information content (AvgIpc) is 2.27. The summed E-state index contributed by atoms with van der Waals surface area (Å²) in [6, 6.07) is 5.54. The van der Waals surface area contributed by atoms with Gasteiger partial charge in [-0.05, 0) is 38.5 Å². The maximum Gasteiger partial charge on any atom is 0.251 e. The molecule has 1 aromatic carbocycles. The van der Waals surface area contributed by atoms with E-state index >= 15 is 0 Å². The molecule has 2 rings (SSSR count). The molecular formula is C15H20F3N. The summed E-state index contributed by atoms with van der Waals surface area (Å²) in [7, 11) is 0. The van der Waals surface area contributed by atoms with Gasteiger partial charge in [0.1, 0.15) is 5.82 Å². The molecule has 106 valence electrons. The van der Waals surface area contributed by atoms with E-state index in [-0.39, 0.29) is 30.2 Å². The van der Waals surface area contributed by atoms with Gasteiger partial charge in [0, 0.05) is 31.0 Å². The molecule has 0 aromatic heterocycles. The Bertz CT molecular complexity index is 434. The van der Waals surface area contributed by atoms with Crippen LogP contribution in [-0.2, 0) is 0 Å². The van der Waals surface area contributed by atoms with Crippen molar-refractivity contribution in [1.29, 1.82) is 0 Å². The van der Waals surface area contributed by atoms with E-state index in [1.54, 1.807) is 12.1 Å². The largest absolute Gasteiger partial charge is 0.291 e. The van der Waals surface area contributed by atoms with Crippen LogP contribution < -0.4 is 0 Å². The molecule has 1 aromatic rings. The number of likely N-dealkylation sites (tertiary alicyclic amines) is 1. The Morgan fingerprint density at radius 3 is 2.26 bits per heavy atom. The van der Waals surface area contributed by atoms with Crippen LogP contribution in [-0.4, -0.2) is 22.9 Å². The topological polar surface area (TPSA) is 3.24 Å². The SMILES string of the molecule is CC(C)(C)N1CCC(F)(F)C[C@@H]1c1ccc(F)cc1. The molecule has 1 fully saturated rings. The van der Waals surface area contributed by atoms with E-state index in [1.165, 1.54) is 12.1 Å². The Balaban J connectivity index is 2.32. The zero-order valence-electron chi connectivity index (χ0n) is 11.6. The Hall–Kier alpha value is -1.03. The molecule has 1 heterocycles. The highest BCUT2D eigenvalue weighted by Gasteiger charge is 2.44. The lowest BCUT2D eigenvalue weighted by atomic mass is 9.88. The molecule has 0 unspecified atom stereocenters. The Labute approximate surface area is 112 Å². The fraction of sp³-hybridized carbons (Fsp3) is 0.600. The van der Waals surface area contributed by atoms with Crippen LogP contribution in [0.3, 0.4) is 0 Å². The Morgan fingerprint density at radius 1 is 1.16 bits per heavy atom. The molecule has 1 aliphatic heterocycles. The summed E-state index contributed by atoms with van der Waals surface area (Å²) in [6.45, 7) is 6.42. The standard InChI is InChI=1S/C15H20F3N/c1-14(2,3)19-9-8-15(17,18)10-13(19)11-4-6-12(16)7-5-11/h4-7,13H,8-10H2,1-3H3/t13-/m1/s1. The minimum atomic E-state index is -2.64. The van der Waals surface area contributed by atoms with E-state index in [4.69, 9.17) is 0 Å². The van der Waals surface area contributed by atoms with Crippen molar-refractivity contribution < 1.29 is 13.2 Å². The second-order valence-electron chi connectivity index (χ2n) is 6.24. The number of benzene rings is 1. The molecule has 19 heavy (non-hydrogen) atoms. The fourth-order valence-corrected chi connectivity index (χ4v) is 2.72. The van der Waals surface area contributed by atoms with Crippen LogP contribution in [0.15, 0.2) is 24.3 Å². The lowest BCUT2D eigenvalue weighted by Gasteiger charge is -2.47. The third-order valence-corrected chi connectivity index (χ3v) is 3.70. The molecular weight excluding hydrogens is 251 g/mol. The van der Waals surface area contributed by atoms with Gasteiger partial charge in [0.25, 0.3) is 5.92 Å². The van der Waals surface area contributed by atoms with Gasteiger partial charge in [0.2, 0.25) is 0 Å². The Kier molecular flexibility index (Phi) is 3.65. The van der Waals surface area contributed by atoms with Crippen LogP contribution in [0, 0.1) is 5.82 Å². The van der Waals surface area contributed by atoms with E-state index < -0.39 is 5.92 Å². The lowest BCUT2D eigenvalue weighted by Crippen LogP contribution is -2.50. The zero-order valence-corrected chi connectivity index (χ0v) is 11.6. The highest BCUT2D eigenvalue weighted by Crippen LogP contribution is 2.42. The van der Waals surface area contributed by atoms with Gasteiger partial charge in [-0.1, -0.05) is 12.1 Å². The van der Waals surface area contributed by atoms with E-state index in [9.17, 15) is 13.2 Å². The number of piperidine rings is 1. The van der Waals surface area contributed by atoms with Crippen LogP contribution in [0.5, 0.6) is 0 Å². The zero-order chi connectivity index (χ0) is 14.3. The average molecular weight is 271 g/mol. The molecule has 1 nitrogen and oxygen atoms in total.